The molecule has 1 heteroatoms. The molecule has 0 atom stereocenters. The Kier molecular flexibility index (Phi) is 11.4. The molecule has 0 radical (unpaired) electrons. The summed E-state index contributed by atoms with van der Waals surface area (Å²) in [5, 5.41) is 8.56. The van der Waals surface area contributed by atoms with Gasteiger partial charge in [0.15, 0.2) is 0 Å². The second kappa shape index (κ2) is 11.7. The Morgan fingerprint density at radius 3 is 1.92 bits per heavy atom. The SMILES string of the molecule is C/C=C/CCCCCCCCCO. The van der Waals surface area contributed by atoms with E-state index >= 15 is 0 Å². The molecule has 78 valence electrons. The van der Waals surface area contributed by atoms with Gasteiger partial charge in [-0.05, 0) is 26.2 Å². The third-order valence-electron chi connectivity index (χ3n) is 2.26. The van der Waals surface area contributed by atoms with Gasteiger partial charge in [-0.1, -0.05) is 44.3 Å². The molecule has 0 aromatic carbocycles. The Hall–Kier alpha value is -0.300. The second-order valence-electron chi connectivity index (χ2n) is 3.56. The summed E-state index contributed by atoms with van der Waals surface area (Å²) in [6.07, 6.45) is 14.5. The molecule has 0 bridgehead atoms. The van der Waals surface area contributed by atoms with Crippen LogP contribution >= 0.6 is 0 Å². The largest absolute Gasteiger partial charge is 0.396 e. The highest BCUT2D eigenvalue weighted by Crippen LogP contribution is 2.08. The number of hydrogen-bond acceptors (Lipinski definition) is 1. The van der Waals surface area contributed by atoms with E-state index in [-0.39, 0.29) is 0 Å². The third-order valence-corrected chi connectivity index (χ3v) is 2.26. The van der Waals surface area contributed by atoms with Gasteiger partial charge in [0.25, 0.3) is 0 Å². The first-order chi connectivity index (χ1) is 6.41. The smallest absolute Gasteiger partial charge is 0.0431 e. The van der Waals surface area contributed by atoms with Gasteiger partial charge < -0.3 is 5.11 Å². The van der Waals surface area contributed by atoms with Gasteiger partial charge in [0.05, 0.1) is 0 Å². The molecule has 13 heavy (non-hydrogen) atoms. The van der Waals surface area contributed by atoms with Crippen molar-refractivity contribution in [3.63, 3.8) is 0 Å². The average molecular weight is 184 g/mol. The van der Waals surface area contributed by atoms with Crippen molar-refractivity contribution in [2.24, 2.45) is 0 Å². The number of hydrogen-bond donors (Lipinski definition) is 1. The van der Waals surface area contributed by atoms with Crippen LogP contribution in [-0.4, -0.2) is 11.7 Å². The van der Waals surface area contributed by atoms with E-state index in [9.17, 15) is 0 Å². The van der Waals surface area contributed by atoms with Crippen molar-refractivity contribution in [3.05, 3.63) is 12.2 Å². The summed E-state index contributed by atoms with van der Waals surface area (Å²) < 4.78 is 0. The van der Waals surface area contributed by atoms with Gasteiger partial charge >= 0.3 is 0 Å². The minimum Gasteiger partial charge on any atom is -0.396 e. The summed E-state index contributed by atoms with van der Waals surface area (Å²) >= 11 is 0. The van der Waals surface area contributed by atoms with E-state index < -0.39 is 0 Å². The molecule has 1 nitrogen and oxygen atoms in total. The van der Waals surface area contributed by atoms with E-state index in [0.717, 1.165) is 6.42 Å². The summed E-state index contributed by atoms with van der Waals surface area (Å²) in [5.41, 5.74) is 0. The highest BCUT2D eigenvalue weighted by Gasteiger charge is 1.89. The number of rotatable bonds is 9. The molecule has 0 fully saturated rings. The lowest BCUT2D eigenvalue weighted by molar-refractivity contribution is 0.282. The molecule has 0 amide bonds. The van der Waals surface area contributed by atoms with Crippen molar-refractivity contribution in [2.45, 2.75) is 58.3 Å². The average Bonchev–Trinajstić information content (AvgIpc) is 2.16. The van der Waals surface area contributed by atoms with E-state index in [2.05, 4.69) is 19.1 Å². The fourth-order valence-electron chi connectivity index (χ4n) is 1.42. The van der Waals surface area contributed by atoms with Crippen LogP contribution < -0.4 is 0 Å². The normalized spacial score (nSPS) is 11.2. The maximum atomic E-state index is 8.56. The summed E-state index contributed by atoms with van der Waals surface area (Å²) in [5.74, 6) is 0. The number of unbranched alkanes of at least 4 members (excludes halogenated alkanes) is 7. The maximum absolute atomic E-state index is 8.56. The molecule has 0 rings (SSSR count). The predicted molar refractivity (Wildman–Crippen MR) is 58.8 cm³/mol. The van der Waals surface area contributed by atoms with Crippen LogP contribution in [0.3, 0.4) is 0 Å². The zero-order chi connectivity index (χ0) is 9.78. The van der Waals surface area contributed by atoms with Gasteiger partial charge in [-0.25, -0.2) is 0 Å². The van der Waals surface area contributed by atoms with Gasteiger partial charge in [0.2, 0.25) is 0 Å². The minimum atomic E-state index is 0.362. The predicted octanol–water partition coefficient (Wildman–Crippen LogP) is 3.68. The molecule has 0 heterocycles. The Labute approximate surface area is 82.9 Å². The molecule has 0 aliphatic heterocycles. The second-order valence-corrected chi connectivity index (χ2v) is 3.56. The van der Waals surface area contributed by atoms with Crippen LogP contribution in [-0.2, 0) is 0 Å². The van der Waals surface area contributed by atoms with Crippen LogP contribution in [0, 0.1) is 0 Å². The van der Waals surface area contributed by atoms with Gasteiger partial charge in [-0.15, -0.1) is 0 Å². The van der Waals surface area contributed by atoms with E-state index in [0.29, 0.717) is 6.61 Å². The monoisotopic (exact) mass is 184 g/mol. The number of aliphatic hydroxyl groups is 1. The fraction of sp³-hybridized carbons (Fsp3) is 0.833. The van der Waals surface area contributed by atoms with Crippen molar-refractivity contribution in [3.8, 4) is 0 Å². The first kappa shape index (κ1) is 12.7. The zero-order valence-corrected chi connectivity index (χ0v) is 8.97. The summed E-state index contributed by atoms with van der Waals surface area (Å²) in [6, 6.07) is 0. The molecule has 1 N–H and O–H groups in total. The van der Waals surface area contributed by atoms with Crippen LogP contribution in [0.2, 0.25) is 0 Å². The van der Waals surface area contributed by atoms with Crippen LogP contribution in [0.4, 0.5) is 0 Å². The topological polar surface area (TPSA) is 20.2 Å². The van der Waals surface area contributed by atoms with E-state index in [1.807, 2.05) is 0 Å². The van der Waals surface area contributed by atoms with Crippen molar-refractivity contribution in [1.82, 2.24) is 0 Å². The zero-order valence-electron chi connectivity index (χ0n) is 8.97. The molecular formula is C12H24O. The molecule has 0 aliphatic rings. The lowest BCUT2D eigenvalue weighted by atomic mass is 10.1. The lowest BCUT2D eigenvalue weighted by Crippen LogP contribution is -1.83. The molecule has 0 saturated carbocycles. The highest BCUT2D eigenvalue weighted by molar-refractivity contribution is 4.76. The molecule has 0 spiro atoms. The molecule has 0 aromatic rings. The maximum Gasteiger partial charge on any atom is 0.0431 e. The Balaban J connectivity index is 2.83. The Morgan fingerprint density at radius 2 is 1.38 bits per heavy atom. The molecule has 0 aliphatic carbocycles. The van der Waals surface area contributed by atoms with Crippen molar-refractivity contribution in [1.29, 1.82) is 0 Å². The highest BCUT2D eigenvalue weighted by atomic mass is 16.2. The van der Waals surface area contributed by atoms with Crippen molar-refractivity contribution < 1.29 is 5.11 Å². The van der Waals surface area contributed by atoms with Gasteiger partial charge in [-0.2, -0.15) is 0 Å². The van der Waals surface area contributed by atoms with E-state index in [1.54, 1.807) is 0 Å². The number of aliphatic hydroxyl groups excluding tert-OH is 1. The molecule has 0 saturated heterocycles. The van der Waals surface area contributed by atoms with Crippen LogP contribution in [0.25, 0.3) is 0 Å². The van der Waals surface area contributed by atoms with Gasteiger partial charge in [-0.3, -0.25) is 0 Å². The lowest BCUT2D eigenvalue weighted by Gasteiger charge is -1.99. The minimum absolute atomic E-state index is 0.362. The number of allylic oxidation sites excluding steroid dienone is 2. The standard InChI is InChI=1S/C12H24O/c1-2-3-4-5-6-7-8-9-10-11-12-13/h2-3,13H,4-12H2,1H3/b3-2+. The third kappa shape index (κ3) is 11.7. The first-order valence-corrected chi connectivity index (χ1v) is 5.64. The van der Waals surface area contributed by atoms with Gasteiger partial charge in [0.1, 0.15) is 0 Å². The van der Waals surface area contributed by atoms with Crippen LogP contribution in [0.15, 0.2) is 12.2 Å². The summed E-state index contributed by atoms with van der Waals surface area (Å²) in [7, 11) is 0. The van der Waals surface area contributed by atoms with E-state index in [1.165, 1.54) is 44.9 Å². The van der Waals surface area contributed by atoms with Gasteiger partial charge in [0, 0.05) is 6.61 Å². The van der Waals surface area contributed by atoms with E-state index in [4.69, 9.17) is 5.11 Å². The quantitative estimate of drug-likeness (QED) is 0.428. The Morgan fingerprint density at radius 1 is 0.846 bits per heavy atom. The van der Waals surface area contributed by atoms with Crippen LogP contribution in [0.1, 0.15) is 58.3 Å². The molecule has 0 aromatic heterocycles. The fourth-order valence-corrected chi connectivity index (χ4v) is 1.42. The summed E-state index contributed by atoms with van der Waals surface area (Å²) in [4.78, 5) is 0. The first-order valence-electron chi connectivity index (χ1n) is 5.64. The summed E-state index contributed by atoms with van der Waals surface area (Å²) in [6.45, 7) is 2.44. The van der Waals surface area contributed by atoms with Crippen LogP contribution in [0.5, 0.6) is 0 Å². The molecular weight excluding hydrogens is 160 g/mol. The van der Waals surface area contributed by atoms with Crippen molar-refractivity contribution in [2.75, 3.05) is 6.61 Å². The van der Waals surface area contributed by atoms with Crippen molar-refractivity contribution >= 4 is 0 Å². The molecule has 0 unspecified atom stereocenters. The Bertz CT molecular complexity index is 108.